The normalized spacial score (nSPS) is 10.2. The van der Waals surface area contributed by atoms with Gasteiger partial charge in [0.25, 0.3) is 0 Å². The second-order valence-corrected chi connectivity index (χ2v) is 5.65. The molecule has 0 atom stereocenters. The van der Waals surface area contributed by atoms with Crippen LogP contribution in [-0.2, 0) is 13.1 Å². The number of nitrogens with one attached hydrogen (secondary N) is 1. The third-order valence-electron chi connectivity index (χ3n) is 2.99. The highest BCUT2D eigenvalue weighted by Crippen LogP contribution is 2.13. The molecule has 0 heterocycles. The number of hydrogen-bond donors (Lipinski definition) is 1. The average Bonchev–Trinajstić information content (AvgIpc) is 2.45. The van der Waals surface area contributed by atoms with Gasteiger partial charge in [0.2, 0.25) is 0 Å². The van der Waals surface area contributed by atoms with Crippen molar-refractivity contribution in [3.63, 3.8) is 0 Å². The van der Waals surface area contributed by atoms with Crippen molar-refractivity contribution in [2.75, 3.05) is 7.05 Å². The SMILES string of the molecule is CN(Cc1cccc(Cl)c1)C(=O)NCc1cccc(Cl)c1. The number of rotatable bonds is 4. The second-order valence-electron chi connectivity index (χ2n) is 4.77. The minimum Gasteiger partial charge on any atom is -0.334 e. The summed E-state index contributed by atoms with van der Waals surface area (Å²) in [7, 11) is 1.74. The molecule has 0 aromatic heterocycles. The van der Waals surface area contributed by atoms with E-state index in [-0.39, 0.29) is 6.03 Å². The van der Waals surface area contributed by atoms with Gasteiger partial charge < -0.3 is 10.2 Å². The molecule has 0 fully saturated rings. The Bertz CT molecular complexity index is 631. The number of nitrogens with zero attached hydrogens (tertiary/aromatic N) is 1. The minimum absolute atomic E-state index is 0.144. The van der Waals surface area contributed by atoms with Crippen molar-refractivity contribution >= 4 is 29.2 Å². The smallest absolute Gasteiger partial charge is 0.317 e. The molecule has 2 aromatic carbocycles. The molecule has 0 saturated carbocycles. The van der Waals surface area contributed by atoms with Crippen LogP contribution < -0.4 is 5.32 Å². The Labute approximate surface area is 134 Å². The van der Waals surface area contributed by atoms with Crippen molar-refractivity contribution in [2.45, 2.75) is 13.1 Å². The van der Waals surface area contributed by atoms with Crippen molar-refractivity contribution in [1.82, 2.24) is 10.2 Å². The van der Waals surface area contributed by atoms with E-state index in [1.165, 1.54) is 0 Å². The van der Waals surface area contributed by atoms with Crippen LogP contribution in [0.3, 0.4) is 0 Å². The molecule has 0 aliphatic heterocycles. The highest BCUT2D eigenvalue weighted by atomic mass is 35.5. The maximum atomic E-state index is 12.0. The highest BCUT2D eigenvalue weighted by molar-refractivity contribution is 6.30. The first-order chi connectivity index (χ1) is 10.0. The standard InChI is InChI=1S/C16H16Cl2N2O/c1-20(11-13-5-3-7-15(18)9-13)16(21)19-10-12-4-2-6-14(17)8-12/h2-9H,10-11H2,1H3,(H,19,21). The zero-order valence-electron chi connectivity index (χ0n) is 11.6. The molecule has 2 amide bonds. The monoisotopic (exact) mass is 322 g/mol. The lowest BCUT2D eigenvalue weighted by Gasteiger charge is -2.18. The van der Waals surface area contributed by atoms with Crippen molar-refractivity contribution in [3.8, 4) is 0 Å². The predicted octanol–water partition coefficient (Wildman–Crippen LogP) is 4.34. The Morgan fingerprint density at radius 1 is 1.05 bits per heavy atom. The summed E-state index contributed by atoms with van der Waals surface area (Å²) in [5, 5.41) is 4.18. The Kier molecular flexibility index (Phi) is 5.48. The molecule has 2 aromatic rings. The number of carbonyl (C=O) groups excluding carboxylic acids is 1. The average molecular weight is 323 g/mol. The van der Waals surface area contributed by atoms with Crippen molar-refractivity contribution in [1.29, 1.82) is 0 Å². The van der Waals surface area contributed by atoms with Gasteiger partial charge in [-0.1, -0.05) is 47.5 Å². The molecule has 5 heteroatoms. The van der Waals surface area contributed by atoms with Gasteiger partial charge in [-0.05, 0) is 35.4 Å². The maximum absolute atomic E-state index is 12.0. The fourth-order valence-corrected chi connectivity index (χ4v) is 2.37. The van der Waals surface area contributed by atoms with Crippen LogP contribution in [0.1, 0.15) is 11.1 Å². The number of benzene rings is 2. The number of urea groups is 1. The van der Waals surface area contributed by atoms with Gasteiger partial charge in [-0.3, -0.25) is 0 Å². The lowest BCUT2D eigenvalue weighted by atomic mass is 10.2. The zero-order chi connectivity index (χ0) is 15.2. The van der Waals surface area contributed by atoms with E-state index in [2.05, 4.69) is 5.32 Å². The van der Waals surface area contributed by atoms with Gasteiger partial charge in [0.05, 0.1) is 0 Å². The molecule has 110 valence electrons. The van der Waals surface area contributed by atoms with Gasteiger partial charge in [0, 0.05) is 30.2 Å². The first-order valence-electron chi connectivity index (χ1n) is 6.52. The number of halogens is 2. The van der Waals surface area contributed by atoms with Crippen LogP contribution in [0.4, 0.5) is 4.79 Å². The third kappa shape index (κ3) is 4.96. The van der Waals surface area contributed by atoms with E-state index < -0.39 is 0 Å². The first-order valence-corrected chi connectivity index (χ1v) is 7.28. The highest BCUT2D eigenvalue weighted by Gasteiger charge is 2.09. The van der Waals surface area contributed by atoms with Crippen LogP contribution in [0.25, 0.3) is 0 Å². The zero-order valence-corrected chi connectivity index (χ0v) is 13.2. The minimum atomic E-state index is -0.144. The fraction of sp³-hybridized carbons (Fsp3) is 0.188. The quantitative estimate of drug-likeness (QED) is 0.892. The summed E-state index contributed by atoms with van der Waals surface area (Å²) in [4.78, 5) is 13.6. The fourth-order valence-electron chi connectivity index (χ4n) is 1.94. The van der Waals surface area contributed by atoms with Crippen LogP contribution in [0.15, 0.2) is 48.5 Å². The summed E-state index contributed by atoms with van der Waals surface area (Å²) in [6, 6.07) is 14.7. The molecular formula is C16H16Cl2N2O. The van der Waals surface area contributed by atoms with E-state index in [1.54, 1.807) is 18.0 Å². The van der Waals surface area contributed by atoms with E-state index in [4.69, 9.17) is 23.2 Å². The molecule has 0 radical (unpaired) electrons. The Morgan fingerprint density at radius 3 is 2.24 bits per heavy atom. The molecule has 0 spiro atoms. The van der Waals surface area contributed by atoms with E-state index >= 15 is 0 Å². The summed E-state index contributed by atoms with van der Waals surface area (Å²) in [6.45, 7) is 0.946. The number of carbonyl (C=O) groups is 1. The lowest BCUT2D eigenvalue weighted by molar-refractivity contribution is 0.206. The van der Waals surface area contributed by atoms with E-state index in [0.717, 1.165) is 11.1 Å². The molecule has 0 saturated heterocycles. The second kappa shape index (κ2) is 7.34. The van der Waals surface area contributed by atoms with Crippen molar-refractivity contribution < 1.29 is 4.79 Å². The summed E-state index contributed by atoms with van der Waals surface area (Å²) >= 11 is 11.8. The van der Waals surface area contributed by atoms with Crippen LogP contribution in [0.5, 0.6) is 0 Å². The Balaban J connectivity index is 1.88. The predicted molar refractivity (Wildman–Crippen MR) is 86.6 cm³/mol. The first kappa shape index (κ1) is 15.7. The van der Waals surface area contributed by atoms with Gasteiger partial charge >= 0.3 is 6.03 Å². The van der Waals surface area contributed by atoms with Crippen LogP contribution in [0.2, 0.25) is 10.0 Å². The molecule has 0 unspecified atom stereocenters. The molecular weight excluding hydrogens is 307 g/mol. The lowest BCUT2D eigenvalue weighted by Crippen LogP contribution is -2.36. The molecule has 21 heavy (non-hydrogen) atoms. The number of hydrogen-bond acceptors (Lipinski definition) is 1. The Morgan fingerprint density at radius 2 is 1.62 bits per heavy atom. The van der Waals surface area contributed by atoms with E-state index in [0.29, 0.717) is 23.1 Å². The van der Waals surface area contributed by atoms with E-state index in [1.807, 2.05) is 42.5 Å². The molecule has 2 rings (SSSR count). The Hall–Kier alpha value is -1.71. The van der Waals surface area contributed by atoms with Gasteiger partial charge in [-0.25, -0.2) is 4.79 Å². The topological polar surface area (TPSA) is 32.3 Å². The van der Waals surface area contributed by atoms with Crippen LogP contribution >= 0.6 is 23.2 Å². The van der Waals surface area contributed by atoms with Gasteiger partial charge in [0.1, 0.15) is 0 Å². The van der Waals surface area contributed by atoms with Gasteiger partial charge in [-0.2, -0.15) is 0 Å². The largest absolute Gasteiger partial charge is 0.334 e. The molecule has 0 aliphatic carbocycles. The maximum Gasteiger partial charge on any atom is 0.317 e. The van der Waals surface area contributed by atoms with Crippen molar-refractivity contribution in [2.24, 2.45) is 0 Å². The summed E-state index contributed by atoms with van der Waals surface area (Å²) in [6.07, 6.45) is 0. The summed E-state index contributed by atoms with van der Waals surface area (Å²) in [5.41, 5.74) is 1.95. The van der Waals surface area contributed by atoms with Crippen LogP contribution in [0, 0.1) is 0 Å². The van der Waals surface area contributed by atoms with Crippen molar-refractivity contribution in [3.05, 3.63) is 69.7 Å². The molecule has 0 aliphatic rings. The molecule has 0 bridgehead atoms. The third-order valence-corrected chi connectivity index (χ3v) is 3.46. The van der Waals surface area contributed by atoms with Gasteiger partial charge in [-0.15, -0.1) is 0 Å². The molecule has 1 N–H and O–H groups in total. The van der Waals surface area contributed by atoms with Gasteiger partial charge in [0.15, 0.2) is 0 Å². The summed E-state index contributed by atoms with van der Waals surface area (Å²) < 4.78 is 0. The van der Waals surface area contributed by atoms with E-state index in [9.17, 15) is 4.79 Å². The summed E-state index contributed by atoms with van der Waals surface area (Å²) in [5.74, 6) is 0. The number of amides is 2. The van der Waals surface area contributed by atoms with Crippen LogP contribution in [-0.4, -0.2) is 18.0 Å². The molecule has 3 nitrogen and oxygen atoms in total.